The van der Waals surface area contributed by atoms with Gasteiger partial charge in [0.25, 0.3) is 5.91 Å². The van der Waals surface area contributed by atoms with Crippen LogP contribution in [0.15, 0.2) is 30.3 Å². The van der Waals surface area contributed by atoms with E-state index in [2.05, 4.69) is 5.32 Å². The highest BCUT2D eigenvalue weighted by molar-refractivity contribution is 6.33. The van der Waals surface area contributed by atoms with Crippen LogP contribution in [-0.4, -0.2) is 11.0 Å². The minimum Gasteiger partial charge on any atom is -0.508 e. The second-order valence-electron chi connectivity index (χ2n) is 4.59. The minimum atomic E-state index is -0.303. The number of carbonyl (C=O) groups excluding carboxylic acids is 1. The van der Waals surface area contributed by atoms with Gasteiger partial charge in [-0.2, -0.15) is 0 Å². The van der Waals surface area contributed by atoms with Gasteiger partial charge in [0, 0.05) is 16.8 Å². The number of aromatic hydroxyl groups is 1. The Morgan fingerprint density at radius 1 is 1.30 bits per heavy atom. The lowest BCUT2D eigenvalue weighted by atomic mass is 10.1. The average Bonchev–Trinajstić information content (AvgIpc) is 2.39. The molecule has 0 aliphatic carbocycles. The maximum Gasteiger partial charge on any atom is 0.256 e. The highest BCUT2D eigenvalue weighted by Gasteiger charge is 2.13. The number of phenolic OH excluding ortho intramolecular Hbond substituents is 1. The van der Waals surface area contributed by atoms with Gasteiger partial charge in [0.15, 0.2) is 0 Å². The van der Waals surface area contributed by atoms with Crippen molar-refractivity contribution in [2.45, 2.75) is 13.8 Å². The molecule has 104 valence electrons. The smallest absolute Gasteiger partial charge is 0.256 e. The third-order valence-electron chi connectivity index (χ3n) is 3.14. The summed E-state index contributed by atoms with van der Waals surface area (Å²) in [7, 11) is 0. The predicted octanol–water partition coefficient (Wildman–Crippen LogP) is 3.50. The molecule has 1 amide bonds. The van der Waals surface area contributed by atoms with Crippen LogP contribution in [-0.2, 0) is 0 Å². The summed E-state index contributed by atoms with van der Waals surface area (Å²) in [6.07, 6.45) is 0. The summed E-state index contributed by atoms with van der Waals surface area (Å²) in [5.41, 5.74) is 8.52. The lowest BCUT2D eigenvalue weighted by Gasteiger charge is -2.12. The Labute approximate surface area is 122 Å². The Bertz CT molecular complexity index is 684. The molecule has 0 saturated heterocycles. The Balaban J connectivity index is 2.33. The van der Waals surface area contributed by atoms with Crippen molar-refractivity contribution < 1.29 is 9.90 Å². The molecule has 5 heteroatoms. The van der Waals surface area contributed by atoms with Gasteiger partial charge in [-0.05, 0) is 43.7 Å². The topological polar surface area (TPSA) is 75.3 Å². The number of nitrogen functional groups attached to an aromatic ring is 1. The molecule has 0 unspecified atom stereocenters. The Hall–Kier alpha value is -2.20. The molecule has 4 nitrogen and oxygen atoms in total. The van der Waals surface area contributed by atoms with Crippen molar-refractivity contribution in [1.82, 2.24) is 0 Å². The van der Waals surface area contributed by atoms with Crippen LogP contribution >= 0.6 is 11.6 Å². The van der Waals surface area contributed by atoms with Gasteiger partial charge in [0.2, 0.25) is 0 Å². The number of hydrogen-bond acceptors (Lipinski definition) is 3. The van der Waals surface area contributed by atoms with Crippen molar-refractivity contribution >= 4 is 28.9 Å². The molecule has 20 heavy (non-hydrogen) atoms. The molecule has 0 radical (unpaired) electrons. The molecule has 0 aliphatic rings. The van der Waals surface area contributed by atoms with Crippen molar-refractivity contribution in [1.29, 1.82) is 0 Å². The first-order chi connectivity index (χ1) is 9.40. The fourth-order valence-corrected chi connectivity index (χ4v) is 2.06. The lowest BCUT2D eigenvalue weighted by molar-refractivity contribution is 0.102. The van der Waals surface area contributed by atoms with Crippen LogP contribution in [0.3, 0.4) is 0 Å². The number of nitrogens with two attached hydrogens (primary N) is 1. The molecular weight excluding hydrogens is 276 g/mol. The number of nitrogens with one attached hydrogen (secondary N) is 1. The van der Waals surface area contributed by atoms with Gasteiger partial charge in [-0.3, -0.25) is 4.79 Å². The maximum atomic E-state index is 12.2. The van der Waals surface area contributed by atoms with Crippen molar-refractivity contribution in [2.75, 3.05) is 11.1 Å². The Morgan fingerprint density at radius 3 is 2.70 bits per heavy atom. The van der Waals surface area contributed by atoms with Crippen molar-refractivity contribution in [3.05, 3.63) is 52.0 Å². The van der Waals surface area contributed by atoms with E-state index in [1.54, 1.807) is 31.2 Å². The van der Waals surface area contributed by atoms with E-state index in [0.29, 0.717) is 27.5 Å². The second-order valence-corrected chi connectivity index (χ2v) is 5.00. The summed E-state index contributed by atoms with van der Waals surface area (Å²) in [4.78, 5) is 12.2. The molecule has 0 heterocycles. The Morgan fingerprint density at radius 2 is 2.00 bits per heavy atom. The van der Waals surface area contributed by atoms with E-state index >= 15 is 0 Å². The van der Waals surface area contributed by atoms with Gasteiger partial charge in [-0.25, -0.2) is 0 Å². The molecule has 4 N–H and O–H groups in total. The van der Waals surface area contributed by atoms with Crippen LogP contribution in [0.2, 0.25) is 5.02 Å². The lowest BCUT2D eigenvalue weighted by Crippen LogP contribution is -2.14. The third kappa shape index (κ3) is 2.70. The van der Waals surface area contributed by atoms with E-state index in [9.17, 15) is 9.90 Å². The zero-order valence-electron chi connectivity index (χ0n) is 11.2. The summed E-state index contributed by atoms with van der Waals surface area (Å²) in [5, 5.41) is 12.8. The van der Waals surface area contributed by atoms with E-state index in [1.807, 2.05) is 6.92 Å². The number of rotatable bonds is 2. The van der Waals surface area contributed by atoms with Crippen LogP contribution in [0.5, 0.6) is 5.75 Å². The van der Waals surface area contributed by atoms with Gasteiger partial charge in [-0.15, -0.1) is 0 Å². The molecule has 0 saturated carbocycles. The summed E-state index contributed by atoms with van der Waals surface area (Å²) in [6.45, 7) is 3.52. The quantitative estimate of drug-likeness (QED) is 0.741. The number of phenols is 1. The van der Waals surface area contributed by atoms with Crippen LogP contribution in [0.1, 0.15) is 21.5 Å². The summed E-state index contributed by atoms with van der Waals surface area (Å²) < 4.78 is 0. The zero-order chi connectivity index (χ0) is 14.9. The van der Waals surface area contributed by atoms with Gasteiger partial charge >= 0.3 is 0 Å². The van der Waals surface area contributed by atoms with Gasteiger partial charge in [-0.1, -0.05) is 17.7 Å². The highest BCUT2D eigenvalue weighted by atomic mass is 35.5. The first-order valence-electron chi connectivity index (χ1n) is 6.05. The van der Waals surface area contributed by atoms with Crippen LogP contribution in [0, 0.1) is 13.8 Å². The number of aryl methyl sites for hydroxylation is 1. The molecule has 2 aromatic carbocycles. The second kappa shape index (κ2) is 5.43. The monoisotopic (exact) mass is 290 g/mol. The minimum absolute atomic E-state index is 0.0877. The predicted molar refractivity (Wildman–Crippen MR) is 81.4 cm³/mol. The molecule has 2 rings (SSSR count). The van der Waals surface area contributed by atoms with E-state index in [0.717, 1.165) is 5.56 Å². The molecule has 0 aliphatic heterocycles. The number of carbonyl (C=O) groups is 1. The van der Waals surface area contributed by atoms with E-state index in [1.165, 1.54) is 6.07 Å². The standard InChI is InChI=1S/C15H15ClN2O2/c1-8-6-12(17)11(16)7-13(8)18-15(20)10-4-3-5-14(19)9(10)2/h3-7,19H,17H2,1-2H3,(H,18,20). The zero-order valence-corrected chi connectivity index (χ0v) is 12.0. The normalized spacial score (nSPS) is 10.3. The highest BCUT2D eigenvalue weighted by Crippen LogP contribution is 2.28. The number of hydrogen-bond donors (Lipinski definition) is 3. The first kappa shape index (κ1) is 14.2. The largest absolute Gasteiger partial charge is 0.508 e. The van der Waals surface area contributed by atoms with E-state index < -0.39 is 0 Å². The summed E-state index contributed by atoms with van der Waals surface area (Å²) >= 11 is 5.96. The van der Waals surface area contributed by atoms with Gasteiger partial charge < -0.3 is 16.2 Å². The molecule has 0 bridgehead atoms. The maximum absolute atomic E-state index is 12.2. The molecule has 2 aromatic rings. The average molecular weight is 291 g/mol. The fourth-order valence-electron chi connectivity index (χ4n) is 1.90. The molecule has 0 aromatic heterocycles. The van der Waals surface area contributed by atoms with Crippen LogP contribution in [0.4, 0.5) is 11.4 Å². The molecule has 0 fully saturated rings. The molecular formula is C15H15ClN2O2. The van der Waals surface area contributed by atoms with Gasteiger partial charge in [0.05, 0.1) is 10.7 Å². The van der Waals surface area contributed by atoms with Crippen molar-refractivity contribution in [2.24, 2.45) is 0 Å². The third-order valence-corrected chi connectivity index (χ3v) is 3.47. The van der Waals surface area contributed by atoms with Crippen molar-refractivity contribution in [3.63, 3.8) is 0 Å². The number of anilines is 2. The van der Waals surface area contributed by atoms with E-state index in [4.69, 9.17) is 17.3 Å². The summed E-state index contributed by atoms with van der Waals surface area (Å²) in [6, 6.07) is 8.13. The molecule has 0 atom stereocenters. The number of benzene rings is 2. The number of halogens is 1. The van der Waals surface area contributed by atoms with Crippen LogP contribution < -0.4 is 11.1 Å². The fraction of sp³-hybridized carbons (Fsp3) is 0.133. The number of amides is 1. The van der Waals surface area contributed by atoms with E-state index in [-0.39, 0.29) is 11.7 Å². The Kier molecular flexibility index (Phi) is 3.86. The SMILES string of the molecule is Cc1cc(N)c(Cl)cc1NC(=O)c1cccc(O)c1C. The van der Waals surface area contributed by atoms with Crippen LogP contribution in [0.25, 0.3) is 0 Å². The first-order valence-corrected chi connectivity index (χ1v) is 6.43. The summed E-state index contributed by atoms with van der Waals surface area (Å²) in [5.74, 6) is -0.216. The molecule has 0 spiro atoms. The van der Waals surface area contributed by atoms with Gasteiger partial charge in [0.1, 0.15) is 5.75 Å². The van der Waals surface area contributed by atoms with Crippen molar-refractivity contribution in [3.8, 4) is 5.75 Å².